The zero-order valence-electron chi connectivity index (χ0n) is 13.2. The summed E-state index contributed by atoms with van der Waals surface area (Å²) in [4.78, 5) is 10.2. The molecule has 6 nitrogen and oxygen atoms in total. The van der Waals surface area contributed by atoms with E-state index in [4.69, 9.17) is 0 Å². The second-order valence-corrected chi connectivity index (χ2v) is 6.94. The Morgan fingerprint density at radius 3 is 2.35 bits per heavy atom. The van der Waals surface area contributed by atoms with E-state index >= 15 is 0 Å². The number of anilines is 1. The number of sulfonamides is 1. The fraction of sp³-hybridized carbons (Fsp3) is 0.250. The zero-order valence-corrected chi connectivity index (χ0v) is 14.0. The Morgan fingerprint density at radius 1 is 1.09 bits per heavy atom. The molecule has 0 bridgehead atoms. The number of rotatable bonds is 5. The van der Waals surface area contributed by atoms with Gasteiger partial charge in [-0.3, -0.25) is 14.4 Å². The van der Waals surface area contributed by atoms with Crippen molar-refractivity contribution in [2.75, 3.05) is 10.8 Å². The van der Waals surface area contributed by atoms with Gasteiger partial charge in [0, 0.05) is 12.6 Å². The van der Waals surface area contributed by atoms with Crippen LogP contribution < -0.4 is 4.31 Å². The summed E-state index contributed by atoms with van der Waals surface area (Å²) in [5.41, 5.74) is 1.90. The third-order valence-corrected chi connectivity index (χ3v) is 5.70. The minimum atomic E-state index is -4.03. The van der Waals surface area contributed by atoms with Gasteiger partial charge < -0.3 is 0 Å². The first-order chi connectivity index (χ1) is 10.8. The molecule has 0 N–H and O–H groups in total. The second kappa shape index (κ2) is 6.37. The van der Waals surface area contributed by atoms with E-state index in [-0.39, 0.29) is 11.4 Å². The van der Waals surface area contributed by atoms with Gasteiger partial charge in [-0.1, -0.05) is 24.3 Å². The fourth-order valence-electron chi connectivity index (χ4n) is 2.42. The van der Waals surface area contributed by atoms with Crippen molar-refractivity contribution in [3.05, 3.63) is 63.7 Å². The first-order valence-electron chi connectivity index (χ1n) is 7.13. The van der Waals surface area contributed by atoms with Crippen molar-refractivity contribution in [1.82, 2.24) is 0 Å². The molecule has 0 saturated heterocycles. The van der Waals surface area contributed by atoms with Crippen LogP contribution in [-0.4, -0.2) is 19.9 Å². The summed E-state index contributed by atoms with van der Waals surface area (Å²) < 4.78 is 27.2. The predicted octanol–water partition coefficient (Wildman–Crippen LogP) is 3.43. The van der Waals surface area contributed by atoms with Gasteiger partial charge in [0.1, 0.15) is 0 Å². The Labute approximate surface area is 135 Å². The molecule has 7 heteroatoms. The van der Waals surface area contributed by atoms with Crippen molar-refractivity contribution in [3.63, 3.8) is 0 Å². The van der Waals surface area contributed by atoms with Crippen molar-refractivity contribution in [1.29, 1.82) is 0 Å². The molecule has 0 amide bonds. The van der Waals surface area contributed by atoms with Gasteiger partial charge in [-0.05, 0) is 44.0 Å². The molecule has 0 spiro atoms. The molecule has 0 aliphatic rings. The Balaban J connectivity index is 2.66. The summed E-state index contributed by atoms with van der Waals surface area (Å²) in [5, 5.41) is 11.2. The number of nitrogens with zero attached hydrogens (tertiary/aromatic N) is 2. The molecular formula is C16H18N2O4S. The lowest BCUT2D eigenvalue weighted by atomic mass is 10.1. The van der Waals surface area contributed by atoms with Crippen LogP contribution in [0, 0.1) is 24.0 Å². The van der Waals surface area contributed by atoms with Crippen molar-refractivity contribution >= 4 is 21.4 Å². The van der Waals surface area contributed by atoms with Gasteiger partial charge in [-0.25, -0.2) is 8.42 Å². The van der Waals surface area contributed by atoms with Crippen LogP contribution in [0.1, 0.15) is 18.1 Å². The molecule has 0 heterocycles. The average molecular weight is 334 g/mol. The molecule has 0 atom stereocenters. The van der Waals surface area contributed by atoms with Gasteiger partial charge in [0.05, 0.1) is 10.6 Å². The van der Waals surface area contributed by atoms with Crippen molar-refractivity contribution in [2.45, 2.75) is 25.7 Å². The number of aryl methyl sites for hydroxylation is 1. The lowest BCUT2D eigenvalue weighted by molar-refractivity contribution is -0.387. The maximum absolute atomic E-state index is 13.0. The topological polar surface area (TPSA) is 80.5 Å². The third-order valence-electron chi connectivity index (χ3n) is 3.76. The van der Waals surface area contributed by atoms with E-state index in [0.717, 1.165) is 11.1 Å². The molecule has 0 saturated carbocycles. The van der Waals surface area contributed by atoms with Crippen LogP contribution in [0.5, 0.6) is 0 Å². The molecule has 2 aromatic rings. The van der Waals surface area contributed by atoms with Crippen LogP contribution in [-0.2, 0) is 10.0 Å². The van der Waals surface area contributed by atoms with E-state index in [1.54, 1.807) is 19.1 Å². The molecule has 0 unspecified atom stereocenters. The summed E-state index contributed by atoms with van der Waals surface area (Å²) in [5.74, 6) is 0. The largest absolute Gasteiger partial charge is 0.289 e. The molecule has 0 aromatic heterocycles. The number of nitro benzene ring substituents is 1. The number of para-hydroxylation sites is 1. The van der Waals surface area contributed by atoms with Crippen LogP contribution in [0.25, 0.3) is 0 Å². The summed E-state index contributed by atoms with van der Waals surface area (Å²) in [6.45, 7) is 5.61. The normalized spacial score (nSPS) is 11.3. The first kappa shape index (κ1) is 17.0. The molecule has 23 heavy (non-hydrogen) atoms. The molecule has 122 valence electrons. The lowest BCUT2D eigenvalue weighted by Crippen LogP contribution is -2.32. The van der Waals surface area contributed by atoms with Crippen molar-refractivity contribution in [3.8, 4) is 0 Å². The number of hydrogen-bond acceptors (Lipinski definition) is 4. The minimum absolute atomic E-state index is 0.179. The Kier molecular flexibility index (Phi) is 4.70. The van der Waals surface area contributed by atoms with Crippen LogP contribution in [0.15, 0.2) is 47.4 Å². The first-order valence-corrected chi connectivity index (χ1v) is 8.57. The number of benzene rings is 2. The molecule has 0 radical (unpaired) electrons. The monoisotopic (exact) mass is 334 g/mol. The van der Waals surface area contributed by atoms with Gasteiger partial charge >= 0.3 is 0 Å². The van der Waals surface area contributed by atoms with E-state index in [2.05, 4.69) is 0 Å². The lowest BCUT2D eigenvalue weighted by Gasteiger charge is -2.25. The van der Waals surface area contributed by atoms with Crippen molar-refractivity contribution < 1.29 is 13.3 Å². The Bertz CT molecular complexity index is 847. The Hall–Kier alpha value is -2.41. The fourth-order valence-corrected chi connectivity index (χ4v) is 4.11. The van der Waals surface area contributed by atoms with Crippen LogP contribution in [0.4, 0.5) is 11.4 Å². The summed E-state index contributed by atoms with van der Waals surface area (Å²) in [7, 11) is -4.03. The molecule has 0 fully saturated rings. The standard InChI is InChI=1S/C16H18N2O4S/c1-4-17(14-10-7-8-12(2)13(14)3)23(21,22)16-11-6-5-9-15(16)18(19)20/h5-11H,4H2,1-3H3. The quantitative estimate of drug-likeness (QED) is 0.620. The average Bonchev–Trinajstić information content (AvgIpc) is 2.52. The van der Waals surface area contributed by atoms with E-state index in [1.165, 1.54) is 28.6 Å². The summed E-state index contributed by atoms with van der Waals surface area (Å²) >= 11 is 0. The number of nitro groups is 1. The molecule has 0 aliphatic heterocycles. The van der Waals surface area contributed by atoms with Crippen LogP contribution >= 0.6 is 0 Å². The third kappa shape index (κ3) is 3.05. The minimum Gasteiger partial charge on any atom is -0.266 e. The molecular weight excluding hydrogens is 316 g/mol. The summed E-state index contributed by atoms with van der Waals surface area (Å²) in [6, 6.07) is 10.8. The van der Waals surface area contributed by atoms with E-state index in [0.29, 0.717) is 5.69 Å². The highest BCUT2D eigenvalue weighted by atomic mass is 32.2. The number of hydrogen-bond donors (Lipinski definition) is 0. The SMILES string of the molecule is CCN(c1cccc(C)c1C)S(=O)(=O)c1ccccc1[N+](=O)[O-]. The smallest absolute Gasteiger partial charge is 0.266 e. The maximum Gasteiger partial charge on any atom is 0.289 e. The molecule has 2 rings (SSSR count). The second-order valence-electron chi connectivity index (χ2n) is 5.11. The van der Waals surface area contributed by atoms with Gasteiger partial charge in [0.2, 0.25) is 0 Å². The van der Waals surface area contributed by atoms with E-state index < -0.39 is 20.6 Å². The van der Waals surface area contributed by atoms with Crippen molar-refractivity contribution in [2.24, 2.45) is 0 Å². The molecule has 2 aromatic carbocycles. The van der Waals surface area contributed by atoms with Gasteiger partial charge in [0.15, 0.2) is 4.90 Å². The van der Waals surface area contributed by atoms with Gasteiger partial charge in [-0.2, -0.15) is 0 Å². The zero-order chi connectivity index (χ0) is 17.2. The van der Waals surface area contributed by atoms with E-state index in [1.807, 2.05) is 19.9 Å². The van der Waals surface area contributed by atoms with Gasteiger partial charge in [0.25, 0.3) is 15.7 Å². The van der Waals surface area contributed by atoms with Gasteiger partial charge in [-0.15, -0.1) is 0 Å². The maximum atomic E-state index is 13.0. The highest BCUT2D eigenvalue weighted by molar-refractivity contribution is 7.93. The molecule has 0 aliphatic carbocycles. The van der Waals surface area contributed by atoms with Crippen LogP contribution in [0.2, 0.25) is 0 Å². The van der Waals surface area contributed by atoms with E-state index in [9.17, 15) is 18.5 Å². The Morgan fingerprint density at radius 2 is 1.74 bits per heavy atom. The highest BCUT2D eigenvalue weighted by Crippen LogP contribution is 2.32. The predicted molar refractivity (Wildman–Crippen MR) is 89.2 cm³/mol. The van der Waals surface area contributed by atoms with Crippen LogP contribution in [0.3, 0.4) is 0 Å². The highest BCUT2D eigenvalue weighted by Gasteiger charge is 2.31. The summed E-state index contributed by atoms with van der Waals surface area (Å²) in [6.07, 6.45) is 0.